The quantitative estimate of drug-likeness (QED) is 0.477. The Morgan fingerprint density at radius 3 is 2.26 bits per heavy atom. The Balaban J connectivity index is 1.52. The number of hydrogen-bond acceptors (Lipinski definition) is 6. The molecule has 186 valence electrons. The van der Waals surface area contributed by atoms with Gasteiger partial charge in [-0.15, -0.1) is 0 Å². The van der Waals surface area contributed by atoms with Gasteiger partial charge in [0.05, 0.1) is 19.8 Å². The number of rotatable bonds is 11. The molecule has 2 aliphatic rings. The summed E-state index contributed by atoms with van der Waals surface area (Å²) in [7, 11) is 1.58. The van der Waals surface area contributed by atoms with Crippen LogP contribution >= 0.6 is 0 Å². The first-order valence-electron chi connectivity index (χ1n) is 12.0. The standard InChI is InChI=1S/C27H32N2O6/c1-27(17-35-27)24(30)21(15-18-7-4-3-5-8-18)28-25(31)22(29-26(32)23-9-6-14-34-23)16-19-10-12-20(33-2)13-11-19/h3-5,7-8,10-13,21-23H,6,9,14-17H2,1-2H3,(H,28,31)(H,29,32). The maximum Gasteiger partial charge on any atom is 0.249 e. The molecule has 35 heavy (non-hydrogen) atoms. The molecule has 2 saturated heterocycles. The Kier molecular flexibility index (Phi) is 7.83. The third-order valence-corrected chi connectivity index (χ3v) is 6.47. The van der Waals surface area contributed by atoms with Gasteiger partial charge in [-0.05, 0) is 49.4 Å². The molecule has 0 aliphatic carbocycles. The van der Waals surface area contributed by atoms with E-state index < -0.39 is 29.7 Å². The highest BCUT2D eigenvalue weighted by molar-refractivity contribution is 5.98. The first-order chi connectivity index (χ1) is 16.9. The molecule has 0 saturated carbocycles. The van der Waals surface area contributed by atoms with Crippen LogP contribution in [0, 0.1) is 0 Å². The van der Waals surface area contributed by atoms with E-state index in [0.29, 0.717) is 31.8 Å². The van der Waals surface area contributed by atoms with Gasteiger partial charge in [-0.25, -0.2) is 0 Å². The van der Waals surface area contributed by atoms with Gasteiger partial charge in [0.2, 0.25) is 11.8 Å². The number of amides is 2. The first-order valence-corrected chi connectivity index (χ1v) is 12.0. The summed E-state index contributed by atoms with van der Waals surface area (Å²) < 4.78 is 16.1. The van der Waals surface area contributed by atoms with E-state index in [0.717, 1.165) is 17.5 Å². The van der Waals surface area contributed by atoms with Gasteiger partial charge in [-0.2, -0.15) is 0 Å². The maximum absolute atomic E-state index is 13.5. The number of methoxy groups -OCH3 is 1. The van der Waals surface area contributed by atoms with Crippen LogP contribution in [0.15, 0.2) is 54.6 Å². The molecule has 0 aromatic heterocycles. The van der Waals surface area contributed by atoms with Crippen LogP contribution in [0.5, 0.6) is 5.75 Å². The highest BCUT2D eigenvalue weighted by Crippen LogP contribution is 2.29. The Hall–Kier alpha value is -3.23. The van der Waals surface area contributed by atoms with Gasteiger partial charge in [0, 0.05) is 13.0 Å². The van der Waals surface area contributed by atoms with Gasteiger partial charge in [0.25, 0.3) is 0 Å². The molecule has 4 unspecified atom stereocenters. The van der Waals surface area contributed by atoms with E-state index in [9.17, 15) is 14.4 Å². The highest BCUT2D eigenvalue weighted by Gasteiger charge is 2.50. The van der Waals surface area contributed by atoms with Crippen molar-refractivity contribution in [2.24, 2.45) is 0 Å². The normalized spacial score (nSPS) is 22.6. The average Bonchev–Trinajstić information content (AvgIpc) is 3.39. The maximum atomic E-state index is 13.5. The Labute approximate surface area is 205 Å². The molecule has 2 aromatic carbocycles. The molecule has 2 heterocycles. The molecule has 4 rings (SSSR count). The average molecular weight is 481 g/mol. The molecule has 8 nitrogen and oxygen atoms in total. The van der Waals surface area contributed by atoms with Gasteiger partial charge in [0.1, 0.15) is 23.5 Å². The fourth-order valence-electron chi connectivity index (χ4n) is 4.21. The van der Waals surface area contributed by atoms with Crippen molar-refractivity contribution >= 4 is 17.6 Å². The van der Waals surface area contributed by atoms with Crippen LogP contribution in [-0.2, 0) is 36.7 Å². The molecule has 0 radical (unpaired) electrons. The molecular formula is C27H32N2O6. The van der Waals surface area contributed by atoms with E-state index in [4.69, 9.17) is 14.2 Å². The molecule has 2 N–H and O–H groups in total. The second-order valence-corrected chi connectivity index (χ2v) is 9.25. The third kappa shape index (κ3) is 6.46. The summed E-state index contributed by atoms with van der Waals surface area (Å²) in [6.45, 7) is 2.59. The summed E-state index contributed by atoms with van der Waals surface area (Å²) in [6, 6.07) is 15.2. The van der Waals surface area contributed by atoms with E-state index in [2.05, 4.69) is 10.6 Å². The van der Waals surface area contributed by atoms with Gasteiger partial charge >= 0.3 is 0 Å². The van der Waals surface area contributed by atoms with E-state index in [1.165, 1.54) is 0 Å². The molecule has 2 aliphatic heterocycles. The molecule has 2 amide bonds. The van der Waals surface area contributed by atoms with Crippen molar-refractivity contribution in [2.75, 3.05) is 20.3 Å². The number of Topliss-reactive ketones (excluding diaryl/α,β-unsaturated/α-hetero) is 1. The summed E-state index contributed by atoms with van der Waals surface area (Å²) in [6.07, 6.45) is 1.45. The fraction of sp³-hybridized carbons (Fsp3) is 0.444. The lowest BCUT2D eigenvalue weighted by atomic mass is 9.94. The number of hydrogen-bond donors (Lipinski definition) is 2. The van der Waals surface area contributed by atoms with Crippen LogP contribution in [0.25, 0.3) is 0 Å². The number of benzene rings is 2. The van der Waals surface area contributed by atoms with Crippen molar-refractivity contribution in [3.8, 4) is 5.75 Å². The predicted octanol–water partition coefficient (Wildman–Crippen LogP) is 1.99. The van der Waals surface area contributed by atoms with E-state index in [1.807, 2.05) is 42.5 Å². The Morgan fingerprint density at radius 1 is 1.00 bits per heavy atom. The van der Waals surface area contributed by atoms with Crippen molar-refractivity contribution in [1.82, 2.24) is 10.6 Å². The number of ketones is 1. The SMILES string of the molecule is COc1ccc(CC(NC(=O)C2CCCO2)C(=O)NC(Cc2ccccc2)C(=O)C2(C)CO2)cc1. The zero-order valence-electron chi connectivity index (χ0n) is 20.1. The van der Waals surface area contributed by atoms with Crippen LogP contribution < -0.4 is 15.4 Å². The summed E-state index contributed by atoms with van der Waals surface area (Å²) in [5.41, 5.74) is 0.881. The monoisotopic (exact) mass is 480 g/mol. The Morgan fingerprint density at radius 2 is 1.66 bits per heavy atom. The largest absolute Gasteiger partial charge is 0.497 e. The van der Waals surface area contributed by atoms with Crippen molar-refractivity contribution in [3.05, 3.63) is 65.7 Å². The summed E-state index contributed by atoms with van der Waals surface area (Å²) in [4.78, 5) is 39.5. The van der Waals surface area contributed by atoms with Crippen molar-refractivity contribution < 1.29 is 28.6 Å². The zero-order chi connectivity index (χ0) is 24.8. The van der Waals surface area contributed by atoms with Gasteiger partial charge < -0.3 is 24.8 Å². The highest BCUT2D eigenvalue weighted by atomic mass is 16.6. The number of carbonyl (C=O) groups excluding carboxylic acids is 3. The number of nitrogens with one attached hydrogen (secondary N) is 2. The lowest BCUT2D eigenvalue weighted by Crippen LogP contribution is -2.56. The number of ether oxygens (including phenoxy) is 3. The minimum absolute atomic E-state index is 0.177. The molecular weight excluding hydrogens is 448 g/mol. The van der Waals surface area contributed by atoms with Crippen LogP contribution in [0.1, 0.15) is 30.9 Å². The molecule has 0 spiro atoms. The molecule has 2 fully saturated rings. The number of epoxide rings is 1. The predicted molar refractivity (Wildman–Crippen MR) is 129 cm³/mol. The summed E-state index contributed by atoms with van der Waals surface area (Å²) in [5, 5.41) is 5.75. The van der Waals surface area contributed by atoms with E-state index >= 15 is 0 Å². The molecule has 0 bridgehead atoms. The fourth-order valence-corrected chi connectivity index (χ4v) is 4.21. The smallest absolute Gasteiger partial charge is 0.249 e. The van der Waals surface area contributed by atoms with Gasteiger partial charge in [0.15, 0.2) is 5.78 Å². The van der Waals surface area contributed by atoms with Crippen LogP contribution in [0.2, 0.25) is 0 Å². The van der Waals surface area contributed by atoms with Gasteiger partial charge in [-0.3, -0.25) is 14.4 Å². The molecule has 8 heteroatoms. The van der Waals surface area contributed by atoms with Crippen LogP contribution in [0.4, 0.5) is 0 Å². The Bertz CT molecular complexity index is 1030. The minimum Gasteiger partial charge on any atom is -0.497 e. The lowest BCUT2D eigenvalue weighted by Gasteiger charge is -2.25. The summed E-state index contributed by atoms with van der Waals surface area (Å²) >= 11 is 0. The zero-order valence-corrected chi connectivity index (χ0v) is 20.1. The van der Waals surface area contributed by atoms with Crippen molar-refractivity contribution in [2.45, 2.75) is 56.4 Å². The van der Waals surface area contributed by atoms with Crippen molar-refractivity contribution in [3.63, 3.8) is 0 Å². The van der Waals surface area contributed by atoms with Crippen molar-refractivity contribution in [1.29, 1.82) is 0 Å². The second-order valence-electron chi connectivity index (χ2n) is 9.25. The molecule has 4 atom stereocenters. The molecule has 2 aromatic rings. The van der Waals surface area contributed by atoms with E-state index in [1.54, 1.807) is 26.2 Å². The number of carbonyl (C=O) groups is 3. The summed E-state index contributed by atoms with van der Waals surface area (Å²) in [5.74, 6) is -0.224. The second kappa shape index (κ2) is 11.0. The van der Waals surface area contributed by atoms with Crippen LogP contribution in [-0.4, -0.2) is 61.7 Å². The van der Waals surface area contributed by atoms with E-state index in [-0.39, 0.29) is 18.1 Å². The minimum atomic E-state index is -0.890. The third-order valence-electron chi connectivity index (χ3n) is 6.47. The van der Waals surface area contributed by atoms with Gasteiger partial charge in [-0.1, -0.05) is 42.5 Å². The first kappa shape index (κ1) is 24.9. The topological polar surface area (TPSA) is 106 Å². The lowest BCUT2D eigenvalue weighted by molar-refractivity contribution is -0.135. The van der Waals surface area contributed by atoms with Crippen LogP contribution in [0.3, 0.4) is 0 Å².